The molecule has 6 rings (SSSR count). The van der Waals surface area contributed by atoms with Gasteiger partial charge in [-0.3, -0.25) is 10.1 Å². The van der Waals surface area contributed by atoms with Crippen LogP contribution in [0, 0.1) is 52.3 Å². The van der Waals surface area contributed by atoms with Crippen LogP contribution in [0.15, 0.2) is 0 Å². The molecule has 0 unspecified atom stereocenters. The smallest absolute Gasteiger partial charge is 0.302 e. The van der Waals surface area contributed by atoms with E-state index in [9.17, 15) is 4.79 Å². The Kier molecular flexibility index (Phi) is 5.32. The molecule has 1 spiro atoms. The number of nitrogens with one attached hydrogen (secondary N) is 1. The molecule has 6 aliphatic rings. The SMILES string of the molecule is CC(=O)O[C@@H]1CC[C@@]2(C)[C@@H](CC[C@H]3[C@@H]2CC[C@]2(C)[C@@H]4[C@H](C[C@@H]32)O[C@]2(CC[C@@H](C)CN2)[C@H]4C)C1. The van der Waals surface area contributed by atoms with Crippen LogP contribution in [-0.4, -0.2) is 30.4 Å². The van der Waals surface area contributed by atoms with Crippen LogP contribution in [0.5, 0.6) is 0 Å². The van der Waals surface area contributed by atoms with Gasteiger partial charge in [0.2, 0.25) is 0 Å². The van der Waals surface area contributed by atoms with E-state index in [2.05, 4.69) is 33.0 Å². The van der Waals surface area contributed by atoms with E-state index in [4.69, 9.17) is 9.47 Å². The van der Waals surface area contributed by atoms with Gasteiger partial charge >= 0.3 is 5.97 Å². The number of hydrogen-bond acceptors (Lipinski definition) is 4. The van der Waals surface area contributed by atoms with E-state index < -0.39 is 0 Å². The first kappa shape index (κ1) is 22.8. The molecule has 0 aromatic rings. The molecule has 1 N–H and O–H groups in total. The van der Waals surface area contributed by atoms with Gasteiger partial charge in [-0.1, -0.05) is 27.7 Å². The Bertz CT molecular complexity index is 790. The molecular formula is C29H47NO3. The molecule has 4 nitrogen and oxygen atoms in total. The Labute approximate surface area is 201 Å². The second kappa shape index (κ2) is 7.69. The Morgan fingerprint density at radius 1 is 0.939 bits per heavy atom. The highest BCUT2D eigenvalue weighted by molar-refractivity contribution is 5.66. The lowest BCUT2D eigenvalue weighted by atomic mass is 9.44. The number of fused-ring (bicyclic) bond motifs is 7. The summed E-state index contributed by atoms with van der Waals surface area (Å²) in [6.07, 6.45) is 13.3. The molecule has 2 heterocycles. The predicted molar refractivity (Wildman–Crippen MR) is 129 cm³/mol. The average Bonchev–Trinajstić information content (AvgIpc) is 3.21. The van der Waals surface area contributed by atoms with Crippen molar-refractivity contribution in [2.45, 2.75) is 117 Å². The van der Waals surface area contributed by atoms with Crippen molar-refractivity contribution in [3.05, 3.63) is 0 Å². The molecular weight excluding hydrogens is 410 g/mol. The van der Waals surface area contributed by atoms with Gasteiger partial charge in [-0.15, -0.1) is 0 Å². The summed E-state index contributed by atoms with van der Waals surface area (Å²) in [6.45, 7) is 12.8. The quantitative estimate of drug-likeness (QED) is 0.495. The standard InChI is InChI=1S/C29H47NO3/c1-17-8-13-29(30-16-17)18(2)26-25(33-29)15-24-22-7-6-20-14-21(32-19(3)31)9-11-27(20,4)23(22)10-12-28(24,26)5/h17-18,20-26,30H,6-16H2,1-5H3/t17-,18+,20+,21-,22+,23+,24+,25+,26+,27+,28+,29-/m1/s1. The number of rotatable bonds is 1. The molecule has 4 heteroatoms. The van der Waals surface area contributed by atoms with Gasteiger partial charge in [-0.2, -0.15) is 0 Å². The molecule has 0 aromatic carbocycles. The zero-order valence-corrected chi connectivity index (χ0v) is 21.7. The molecule has 12 atom stereocenters. The first-order valence-corrected chi connectivity index (χ1v) is 14.3. The van der Waals surface area contributed by atoms with E-state index in [-0.39, 0.29) is 17.8 Å². The van der Waals surface area contributed by atoms with Gasteiger partial charge in [0.1, 0.15) is 11.8 Å². The number of esters is 1. The van der Waals surface area contributed by atoms with Crippen LogP contribution in [0.25, 0.3) is 0 Å². The monoisotopic (exact) mass is 457 g/mol. The molecule has 4 saturated carbocycles. The van der Waals surface area contributed by atoms with Crippen LogP contribution >= 0.6 is 0 Å². The van der Waals surface area contributed by atoms with E-state index >= 15 is 0 Å². The van der Waals surface area contributed by atoms with Gasteiger partial charge < -0.3 is 9.47 Å². The van der Waals surface area contributed by atoms with E-state index in [1.807, 2.05) is 0 Å². The Morgan fingerprint density at radius 3 is 2.45 bits per heavy atom. The first-order valence-electron chi connectivity index (χ1n) is 14.3. The van der Waals surface area contributed by atoms with Crippen LogP contribution in [0.1, 0.15) is 98.8 Å². The molecule has 4 aliphatic carbocycles. The summed E-state index contributed by atoms with van der Waals surface area (Å²) in [5.41, 5.74) is 0.830. The fourth-order valence-corrected chi connectivity index (χ4v) is 10.8. The summed E-state index contributed by atoms with van der Waals surface area (Å²) in [4.78, 5) is 11.6. The molecule has 6 fully saturated rings. The third-order valence-electron chi connectivity index (χ3n) is 12.4. The van der Waals surface area contributed by atoms with E-state index in [0.29, 0.717) is 22.9 Å². The van der Waals surface area contributed by atoms with Crippen LogP contribution in [0.4, 0.5) is 0 Å². The van der Waals surface area contributed by atoms with Gasteiger partial charge in [0.05, 0.1) is 6.10 Å². The lowest BCUT2D eigenvalue weighted by molar-refractivity contribution is -0.162. The largest absolute Gasteiger partial charge is 0.463 e. The molecule has 2 saturated heterocycles. The minimum absolute atomic E-state index is 0.0502. The summed E-state index contributed by atoms with van der Waals surface area (Å²) in [6, 6.07) is 0. The lowest BCUT2D eigenvalue weighted by Gasteiger charge is -2.61. The molecule has 0 amide bonds. The maximum atomic E-state index is 11.6. The van der Waals surface area contributed by atoms with Crippen molar-refractivity contribution in [1.29, 1.82) is 0 Å². The second-order valence-electron chi connectivity index (χ2n) is 13.8. The van der Waals surface area contributed by atoms with Gasteiger partial charge in [0.15, 0.2) is 0 Å². The Morgan fingerprint density at radius 2 is 1.73 bits per heavy atom. The molecule has 0 aromatic heterocycles. The molecule has 0 radical (unpaired) electrons. The molecule has 2 aliphatic heterocycles. The third-order valence-corrected chi connectivity index (χ3v) is 12.4. The van der Waals surface area contributed by atoms with Gasteiger partial charge in [-0.05, 0) is 111 Å². The van der Waals surface area contributed by atoms with Crippen molar-refractivity contribution in [2.24, 2.45) is 52.3 Å². The van der Waals surface area contributed by atoms with Gasteiger partial charge in [0, 0.05) is 19.4 Å². The van der Waals surface area contributed by atoms with Gasteiger partial charge in [-0.25, -0.2) is 0 Å². The molecule has 33 heavy (non-hydrogen) atoms. The van der Waals surface area contributed by atoms with Crippen LogP contribution in [0.2, 0.25) is 0 Å². The first-order chi connectivity index (χ1) is 15.7. The number of hydrogen-bond donors (Lipinski definition) is 1. The summed E-state index contributed by atoms with van der Waals surface area (Å²) < 4.78 is 12.7. The maximum absolute atomic E-state index is 11.6. The van der Waals surface area contributed by atoms with Crippen molar-refractivity contribution in [1.82, 2.24) is 5.32 Å². The average molecular weight is 458 g/mol. The van der Waals surface area contributed by atoms with E-state index in [1.54, 1.807) is 6.92 Å². The summed E-state index contributed by atoms with van der Waals surface area (Å²) in [5, 5.41) is 3.89. The van der Waals surface area contributed by atoms with Crippen molar-refractivity contribution >= 4 is 5.97 Å². The number of carbonyl (C=O) groups excluding carboxylic acids is 1. The van der Waals surface area contributed by atoms with Crippen molar-refractivity contribution in [3.63, 3.8) is 0 Å². The van der Waals surface area contributed by atoms with Crippen molar-refractivity contribution < 1.29 is 14.3 Å². The number of ether oxygens (including phenoxy) is 2. The highest BCUT2D eigenvalue weighted by Gasteiger charge is 2.68. The Hall–Kier alpha value is -0.610. The zero-order valence-electron chi connectivity index (χ0n) is 21.7. The van der Waals surface area contributed by atoms with Crippen molar-refractivity contribution in [2.75, 3.05) is 6.54 Å². The third kappa shape index (κ3) is 3.25. The lowest BCUT2D eigenvalue weighted by Crippen LogP contribution is -2.57. The van der Waals surface area contributed by atoms with Crippen LogP contribution in [0.3, 0.4) is 0 Å². The highest BCUT2D eigenvalue weighted by Crippen LogP contribution is 2.71. The van der Waals surface area contributed by atoms with Crippen molar-refractivity contribution in [3.8, 4) is 0 Å². The van der Waals surface area contributed by atoms with Crippen LogP contribution < -0.4 is 5.32 Å². The highest BCUT2D eigenvalue weighted by atomic mass is 16.5. The normalized spacial score (nSPS) is 57.7. The van der Waals surface area contributed by atoms with E-state index in [1.165, 1.54) is 51.4 Å². The summed E-state index contributed by atoms with van der Waals surface area (Å²) in [5.74, 6) is 5.29. The maximum Gasteiger partial charge on any atom is 0.302 e. The minimum atomic E-state index is -0.1000. The summed E-state index contributed by atoms with van der Waals surface area (Å²) >= 11 is 0. The Balaban J connectivity index is 1.21. The minimum Gasteiger partial charge on any atom is -0.463 e. The van der Waals surface area contributed by atoms with E-state index in [0.717, 1.165) is 54.9 Å². The fourth-order valence-electron chi connectivity index (χ4n) is 10.8. The van der Waals surface area contributed by atoms with Crippen LogP contribution in [-0.2, 0) is 14.3 Å². The number of carbonyl (C=O) groups is 1. The second-order valence-corrected chi connectivity index (χ2v) is 13.8. The predicted octanol–water partition coefficient (Wildman–Crippen LogP) is 5.94. The molecule has 0 bridgehead atoms. The molecule has 186 valence electrons. The zero-order chi connectivity index (χ0) is 23.2. The topological polar surface area (TPSA) is 47.6 Å². The summed E-state index contributed by atoms with van der Waals surface area (Å²) in [7, 11) is 0. The fraction of sp³-hybridized carbons (Fsp3) is 0.966. The van der Waals surface area contributed by atoms with Gasteiger partial charge in [0.25, 0.3) is 0 Å². The number of piperidine rings is 1.